The lowest BCUT2D eigenvalue weighted by atomic mass is 10.0. The number of benzene rings is 2. The number of rotatable bonds is 12. The summed E-state index contributed by atoms with van der Waals surface area (Å²) in [5.74, 6) is -1.69. The van der Waals surface area contributed by atoms with Crippen molar-refractivity contribution < 1.29 is 41.5 Å². The fourth-order valence-electron chi connectivity index (χ4n) is 7.10. The molecule has 3 aliphatic rings. The van der Waals surface area contributed by atoms with Gasteiger partial charge in [0.25, 0.3) is 5.91 Å². The maximum absolute atomic E-state index is 14.4. The first-order valence-corrected chi connectivity index (χ1v) is 19.0. The molecular formula is C39H41F4N9O5S. The molecule has 1 unspecified atom stereocenters. The molecule has 58 heavy (non-hydrogen) atoms. The molecule has 19 heteroatoms. The summed E-state index contributed by atoms with van der Waals surface area (Å²) in [7, 11) is 0. The molecule has 1 aromatic heterocycles. The van der Waals surface area contributed by atoms with E-state index in [0.717, 1.165) is 16.7 Å². The third-order valence-corrected chi connectivity index (χ3v) is 10.5. The summed E-state index contributed by atoms with van der Waals surface area (Å²) in [5.41, 5.74) is -1.61. The molecule has 4 heterocycles. The monoisotopic (exact) mass is 823 g/mol. The van der Waals surface area contributed by atoms with Gasteiger partial charge in [-0.15, -0.1) is 0 Å². The third kappa shape index (κ3) is 9.19. The van der Waals surface area contributed by atoms with Gasteiger partial charge in [0, 0.05) is 56.2 Å². The molecule has 4 amide bonds. The van der Waals surface area contributed by atoms with Crippen LogP contribution in [0, 0.1) is 17.1 Å². The molecule has 3 aromatic rings. The fraction of sp³-hybridized carbons (Fsp3) is 0.410. The maximum atomic E-state index is 14.4. The molecule has 1 atom stereocenters. The number of alkyl halides is 3. The second-order valence-electron chi connectivity index (χ2n) is 14.6. The topological polar surface area (TPSA) is 163 Å². The minimum absolute atomic E-state index is 0.0376. The van der Waals surface area contributed by atoms with Gasteiger partial charge in [0.2, 0.25) is 17.7 Å². The Morgan fingerprint density at radius 1 is 1.05 bits per heavy atom. The van der Waals surface area contributed by atoms with Crippen molar-refractivity contribution in [3.05, 3.63) is 71.3 Å². The Labute approximate surface area is 337 Å². The standard InChI is InChI=1S/C39H41F4N9O5S/c1-4-23-15-27(52-37(58)51(36(56)38(52,2)3)28-19-29(39(41,42)43)31(20-44)45-21-28)5-7-32(23)57-14-13-49-9-11-50(12-10-49)22-34(54)47-26-17-24(40)16-25(18-26)46-30-6-8-33(53)48-35(30)55/h5,7,15-19,21,30,46H,4,6,8-14,22H2,1-3H3,(H,47,54)(H,48,53,55). The van der Waals surface area contributed by atoms with E-state index in [1.165, 1.54) is 24.3 Å². The SMILES string of the molecule is CCc1cc(N2C(=S)N(c3cnc(C#N)c(C(F)(F)F)c3)C(=O)C2(C)C)ccc1OCCN1CCN(CC(=O)Nc2cc(F)cc(NC3CCC(=O)NC3=O)c2)CC1. The van der Waals surface area contributed by atoms with E-state index in [-0.39, 0.29) is 47.7 Å². The van der Waals surface area contributed by atoms with Gasteiger partial charge in [0.1, 0.15) is 35.8 Å². The Hall–Kier alpha value is -5.71. The normalized spacial score (nSPS) is 18.9. The first-order valence-electron chi connectivity index (χ1n) is 18.6. The highest BCUT2D eigenvalue weighted by Crippen LogP contribution is 2.40. The number of aromatic nitrogens is 1. The number of piperidine rings is 1. The molecule has 6 rings (SSSR count). The van der Waals surface area contributed by atoms with Gasteiger partial charge in [-0.3, -0.25) is 39.2 Å². The molecule has 0 radical (unpaired) electrons. The highest BCUT2D eigenvalue weighted by atomic mass is 32.1. The number of pyridine rings is 1. The molecule has 0 saturated carbocycles. The number of piperazine rings is 1. The van der Waals surface area contributed by atoms with Crippen molar-refractivity contribution in [2.45, 2.75) is 57.8 Å². The largest absolute Gasteiger partial charge is 0.492 e. The van der Waals surface area contributed by atoms with Gasteiger partial charge in [-0.1, -0.05) is 6.92 Å². The smallest absolute Gasteiger partial charge is 0.419 e. The molecular weight excluding hydrogens is 783 g/mol. The van der Waals surface area contributed by atoms with Crippen LogP contribution < -0.4 is 30.5 Å². The fourth-order valence-corrected chi connectivity index (χ4v) is 7.62. The van der Waals surface area contributed by atoms with E-state index in [2.05, 4.69) is 25.8 Å². The van der Waals surface area contributed by atoms with Crippen molar-refractivity contribution in [1.82, 2.24) is 20.1 Å². The number of hydrogen-bond donors (Lipinski definition) is 3. The lowest BCUT2D eigenvalue weighted by Gasteiger charge is -2.34. The van der Waals surface area contributed by atoms with Crippen LogP contribution in [0.1, 0.15) is 50.4 Å². The molecule has 0 bridgehead atoms. The van der Waals surface area contributed by atoms with E-state index in [0.29, 0.717) is 68.9 Å². The molecule has 3 N–H and O–H groups in total. The van der Waals surface area contributed by atoms with Gasteiger partial charge < -0.3 is 20.3 Å². The predicted molar refractivity (Wildman–Crippen MR) is 210 cm³/mol. The van der Waals surface area contributed by atoms with E-state index in [1.54, 1.807) is 30.9 Å². The molecule has 306 valence electrons. The second kappa shape index (κ2) is 17.0. The average molecular weight is 824 g/mol. The van der Waals surface area contributed by atoms with Crippen LogP contribution in [-0.4, -0.2) is 101 Å². The second-order valence-corrected chi connectivity index (χ2v) is 14.9. The zero-order chi connectivity index (χ0) is 41.9. The van der Waals surface area contributed by atoms with Crippen LogP contribution in [0.5, 0.6) is 5.75 Å². The van der Waals surface area contributed by atoms with E-state index < -0.39 is 46.6 Å². The number of amides is 4. The van der Waals surface area contributed by atoms with Crippen molar-refractivity contribution in [1.29, 1.82) is 5.26 Å². The summed E-state index contributed by atoms with van der Waals surface area (Å²) in [6, 6.07) is 10.7. The average Bonchev–Trinajstić information content (AvgIpc) is 3.34. The number of aryl methyl sites for hydroxylation is 1. The number of nitrogens with one attached hydrogen (secondary N) is 3. The number of nitrogens with zero attached hydrogens (tertiary/aromatic N) is 6. The lowest BCUT2D eigenvalue weighted by Crippen LogP contribution is -2.49. The van der Waals surface area contributed by atoms with E-state index in [9.17, 15) is 36.7 Å². The van der Waals surface area contributed by atoms with E-state index in [4.69, 9.17) is 22.2 Å². The summed E-state index contributed by atoms with van der Waals surface area (Å²) in [4.78, 5) is 60.5. The van der Waals surface area contributed by atoms with Crippen molar-refractivity contribution in [2.24, 2.45) is 0 Å². The van der Waals surface area contributed by atoms with Crippen LogP contribution in [0.15, 0.2) is 48.7 Å². The van der Waals surface area contributed by atoms with E-state index >= 15 is 0 Å². The summed E-state index contributed by atoms with van der Waals surface area (Å²) in [5, 5.41) is 17.0. The van der Waals surface area contributed by atoms with Crippen LogP contribution in [0.3, 0.4) is 0 Å². The molecule has 14 nitrogen and oxygen atoms in total. The quantitative estimate of drug-likeness (QED) is 0.134. The molecule has 2 aromatic carbocycles. The van der Waals surface area contributed by atoms with Gasteiger partial charge in [0.05, 0.1) is 24.0 Å². The Bertz CT molecular complexity index is 2170. The van der Waals surface area contributed by atoms with Crippen LogP contribution in [0.25, 0.3) is 0 Å². The number of anilines is 4. The number of thiocarbonyl (C=S) groups is 1. The summed E-state index contributed by atoms with van der Waals surface area (Å²) < 4.78 is 61.7. The number of ether oxygens (including phenoxy) is 1. The molecule has 0 aliphatic carbocycles. The van der Waals surface area contributed by atoms with Gasteiger partial charge >= 0.3 is 6.18 Å². The Morgan fingerprint density at radius 2 is 1.76 bits per heavy atom. The number of carbonyl (C=O) groups excluding carboxylic acids is 4. The molecule has 3 aliphatic heterocycles. The first-order chi connectivity index (χ1) is 27.5. The highest BCUT2D eigenvalue weighted by molar-refractivity contribution is 7.81. The minimum Gasteiger partial charge on any atom is -0.492 e. The number of carbonyl (C=O) groups is 4. The van der Waals surface area contributed by atoms with Crippen molar-refractivity contribution in [3.63, 3.8) is 0 Å². The van der Waals surface area contributed by atoms with Gasteiger partial charge in [-0.05, 0) is 86.9 Å². The molecule has 3 fully saturated rings. The summed E-state index contributed by atoms with van der Waals surface area (Å²) in [6.45, 7) is 8.87. The maximum Gasteiger partial charge on any atom is 0.419 e. The minimum atomic E-state index is -4.87. The zero-order valence-electron chi connectivity index (χ0n) is 31.9. The lowest BCUT2D eigenvalue weighted by molar-refractivity contribution is -0.138. The van der Waals surface area contributed by atoms with Crippen molar-refractivity contribution in [3.8, 4) is 11.8 Å². The Morgan fingerprint density at radius 3 is 2.43 bits per heavy atom. The Kier molecular flexibility index (Phi) is 12.3. The molecule has 0 spiro atoms. The van der Waals surface area contributed by atoms with Crippen LogP contribution in [0.4, 0.5) is 40.3 Å². The van der Waals surface area contributed by atoms with Crippen LogP contribution >= 0.6 is 12.2 Å². The third-order valence-electron chi connectivity index (χ3n) is 10.2. The highest BCUT2D eigenvalue weighted by Gasteiger charge is 2.51. The van der Waals surface area contributed by atoms with Crippen molar-refractivity contribution in [2.75, 3.05) is 66.3 Å². The zero-order valence-corrected chi connectivity index (χ0v) is 32.7. The van der Waals surface area contributed by atoms with Crippen LogP contribution in [0.2, 0.25) is 0 Å². The predicted octanol–water partition coefficient (Wildman–Crippen LogP) is 4.44. The number of halogens is 4. The van der Waals surface area contributed by atoms with E-state index in [1.807, 2.05) is 17.9 Å². The Balaban J connectivity index is 1.00. The first kappa shape index (κ1) is 41.9. The van der Waals surface area contributed by atoms with Crippen molar-refractivity contribution >= 4 is 63.7 Å². The van der Waals surface area contributed by atoms with Gasteiger partial charge in [-0.2, -0.15) is 18.4 Å². The van der Waals surface area contributed by atoms with Crippen LogP contribution in [-0.2, 0) is 31.8 Å². The number of nitriles is 1. The molecule has 3 saturated heterocycles. The van der Waals surface area contributed by atoms with Gasteiger partial charge in [0.15, 0.2) is 10.8 Å². The van der Waals surface area contributed by atoms with Gasteiger partial charge in [-0.25, -0.2) is 9.37 Å². The summed E-state index contributed by atoms with van der Waals surface area (Å²) in [6.07, 6.45) is -2.82. The number of imide groups is 1. The number of hydrogen-bond acceptors (Lipinski definition) is 11. The summed E-state index contributed by atoms with van der Waals surface area (Å²) >= 11 is 5.67.